The van der Waals surface area contributed by atoms with Crippen molar-refractivity contribution in [3.05, 3.63) is 12.2 Å². The van der Waals surface area contributed by atoms with Crippen LogP contribution in [0.25, 0.3) is 0 Å². The highest BCUT2D eigenvalue weighted by atomic mass is 16.5. The molecule has 0 saturated carbocycles. The van der Waals surface area contributed by atoms with Crippen molar-refractivity contribution < 1.29 is 4.74 Å². The van der Waals surface area contributed by atoms with Gasteiger partial charge >= 0.3 is 0 Å². The molecule has 1 heterocycles. The van der Waals surface area contributed by atoms with Gasteiger partial charge in [0.15, 0.2) is 0 Å². The first-order valence-corrected chi connectivity index (χ1v) is 6.21. The van der Waals surface area contributed by atoms with Crippen LogP contribution in [-0.2, 0) is 4.74 Å². The largest absolute Gasteiger partial charge is 0.379 e. The summed E-state index contributed by atoms with van der Waals surface area (Å²) in [6, 6.07) is 0.343. The van der Waals surface area contributed by atoms with E-state index >= 15 is 0 Å². The highest BCUT2D eigenvalue weighted by Crippen LogP contribution is 2.27. The van der Waals surface area contributed by atoms with Crippen molar-refractivity contribution in [3.63, 3.8) is 0 Å². The SMILES string of the molecule is C=C(C)C(NC)C(C)(CC)N1CCOCC1. The van der Waals surface area contributed by atoms with Gasteiger partial charge in [0.25, 0.3) is 0 Å². The Balaban J connectivity index is 2.84. The zero-order valence-corrected chi connectivity index (χ0v) is 11.2. The van der Waals surface area contributed by atoms with E-state index in [2.05, 4.69) is 37.6 Å². The van der Waals surface area contributed by atoms with Crippen LogP contribution in [0.15, 0.2) is 12.2 Å². The van der Waals surface area contributed by atoms with E-state index in [-0.39, 0.29) is 5.54 Å². The van der Waals surface area contributed by atoms with Crippen molar-refractivity contribution >= 4 is 0 Å². The molecule has 0 aromatic rings. The Hall–Kier alpha value is -0.380. The Labute approximate surface area is 99.8 Å². The minimum Gasteiger partial charge on any atom is -0.379 e. The quantitative estimate of drug-likeness (QED) is 0.721. The fourth-order valence-electron chi connectivity index (χ4n) is 2.77. The maximum Gasteiger partial charge on any atom is 0.0594 e. The molecule has 1 fully saturated rings. The number of likely N-dealkylation sites (N-methyl/N-ethyl adjacent to an activating group) is 1. The lowest BCUT2D eigenvalue weighted by Crippen LogP contribution is -2.61. The van der Waals surface area contributed by atoms with Gasteiger partial charge < -0.3 is 10.1 Å². The monoisotopic (exact) mass is 226 g/mol. The zero-order chi connectivity index (χ0) is 12.2. The molecule has 0 bridgehead atoms. The average molecular weight is 226 g/mol. The Morgan fingerprint density at radius 3 is 2.44 bits per heavy atom. The topological polar surface area (TPSA) is 24.5 Å². The molecular weight excluding hydrogens is 200 g/mol. The predicted octanol–water partition coefficient (Wildman–Crippen LogP) is 1.65. The molecule has 16 heavy (non-hydrogen) atoms. The second-order valence-electron chi connectivity index (χ2n) is 4.88. The lowest BCUT2D eigenvalue weighted by Gasteiger charge is -2.48. The third kappa shape index (κ3) is 2.65. The Kier molecular flexibility index (Phi) is 4.96. The predicted molar refractivity (Wildman–Crippen MR) is 68.7 cm³/mol. The first-order valence-electron chi connectivity index (χ1n) is 6.21. The summed E-state index contributed by atoms with van der Waals surface area (Å²) in [5, 5.41) is 3.41. The highest BCUT2D eigenvalue weighted by Gasteiger charge is 2.38. The smallest absolute Gasteiger partial charge is 0.0594 e. The Morgan fingerprint density at radius 1 is 1.50 bits per heavy atom. The number of hydrogen-bond acceptors (Lipinski definition) is 3. The van der Waals surface area contributed by atoms with Crippen molar-refractivity contribution in [2.45, 2.75) is 38.8 Å². The number of nitrogens with zero attached hydrogens (tertiary/aromatic N) is 1. The van der Waals surface area contributed by atoms with E-state index in [1.807, 2.05) is 7.05 Å². The van der Waals surface area contributed by atoms with Crippen molar-refractivity contribution in [3.8, 4) is 0 Å². The Bertz CT molecular complexity index is 236. The lowest BCUT2D eigenvalue weighted by atomic mass is 9.83. The molecule has 0 aromatic heterocycles. The number of ether oxygens (including phenoxy) is 1. The molecule has 0 aromatic carbocycles. The first-order chi connectivity index (χ1) is 7.56. The van der Waals surface area contributed by atoms with Gasteiger partial charge in [-0.05, 0) is 27.3 Å². The van der Waals surface area contributed by atoms with Crippen LogP contribution < -0.4 is 5.32 Å². The number of nitrogens with one attached hydrogen (secondary N) is 1. The molecule has 0 radical (unpaired) electrons. The molecule has 3 heteroatoms. The third-order valence-electron chi connectivity index (χ3n) is 3.85. The zero-order valence-electron chi connectivity index (χ0n) is 11.2. The van der Waals surface area contributed by atoms with Gasteiger partial charge in [0.1, 0.15) is 0 Å². The number of rotatable bonds is 5. The molecule has 0 amide bonds. The van der Waals surface area contributed by atoms with Gasteiger partial charge in [0, 0.05) is 24.7 Å². The van der Waals surface area contributed by atoms with Crippen LogP contribution >= 0.6 is 0 Å². The average Bonchev–Trinajstić information content (AvgIpc) is 2.30. The molecular formula is C13H26N2O. The molecule has 1 saturated heterocycles. The van der Waals surface area contributed by atoms with E-state index in [1.165, 1.54) is 5.57 Å². The summed E-state index contributed by atoms with van der Waals surface area (Å²) in [6.07, 6.45) is 1.12. The summed E-state index contributed by atoms with van der Waals surface area (Å²) in [5.74, 6) is 0. The van der Waals surface area contributed by atoms with E-state index in [0.29, 0.717) is 6.04 Å². The van der Waals surface area contributed by atoms with E-state index in [4.69, 9.17) is 4.74 Å². The molecule has 1 N–H and O–H groups in total. The van der Waals surface area contributed by atoms with Gasteiger partial charge in [0.2, 0.25) is 0 Å². The minimum atomic E-state index is 0.143. The van der Waals surface area contributed by atoms with E-state index in [1.54, 1.807) is 0 Å². The molecule has 1 rings (SSSR count). The molecule has 0 spiro atoms. The maximum absolute atomic E-state index is 5.43. The molecule has 0 aliphatic carbocycles. The summed E-state index contributed by atoms with van der Waals surface area (Å²) < 4.78 is 5.43. The van der Waals surface area contributed by atoms with E-state index < -0.39 is 0 Å². The summed E-state index contributed by atoms with van der Waals surface area (Å²) in [7, 11) is 2.02. The van der Waals surface area contributed by atoms with Crippen LogP contribution in [-0.4, -0.2) is 49.8 Å². The second kappa shape index (κ2) is 5.80. The first kappa shape index (κ1) is 13.7. The van der Waals surface area contributed by atoms with Gasteiger partial charge in [-0.2, -0.15) is 0 Å². The molecule has 2 atom stereocenters. The van der Waals surface area contributed by atoms with Gasteiger partial charge in [-0.25, -0.2) is 0 Å². The van der Waals surface area contributed by atoms with Crippen molar-refractivity contribution in [2.75, 3.05) is 33.4 Å². The van der Waals surface area contributed by atoms with Gasteiger partial charge in [-0.15, -0.1) is 0 Å². The molecule has 3 nitrogen and oxygen atoms in total. The van der Waals surface area contributed by atoms with Gasteiger partial charge in [-0.1, -0.05) is 19.1 Å². The van der Waals surface area contributed by atoms with E-state index in [9.17, 15) is 0 Å². The van der Waals surface area contributed by atoms with Crippen LogP contribution in [0, 0.1) is 0 Å². The molecule has 1 aliphatic rings. The lowest BCUT2D eigenvalue weighted by molar-refractivity contribution is -0.0266. The minimum absolute atomic E-state index is 0.143. The standard InChI is InChI=1S/C13H26N2O/c1-6-13(4,12(14-5)11(2)3)15-7-9-16-10-8-15/h12,14H,2,6-10H2,1,3-5H3. The fraction of sp³-hybridized carbons (Fsp3) is 0.846. The van der Waals surface area contributed by atoms with Crippen LogP contribution in [0.3, 0.4) is 0 Å². The second-order valence-corrected chi connectivity index (χ2v) is 4.88. The maximum atomic E-state index is 5.43. The molecule has 1 aliphatic heterocycles. The van der Waals surface area contributed by atoms with E-state index in [0.717, 1.165) is 32.7 Å². The van der Waals surface area contributed by atoms with Crippen LogP contribution in [0.5, 0.6) is 0 Å². The van der Waals surface area contributed by atoms with Gasteiger partial charge in [0.05, 0.1) is 13.2 Å². The van der Waals surface area contributed by atoms with Crippen molar-refractivity contribution in [1.82, 2.24) is 10.2 Å². The summed E-state index contributed by atoms with van der Waals surface area (Å²) in [5.41, 5.74) is 1.35. The Morgan fingerprint density at radius 2 is 2.06 bits per heavy atom. The van der Waals surface area contributed by atoms with Crippen LogP contribution in [0.2, 0.25) is 0 Å². The van der Waals surface area contributed by atoms with Crippen LogP contribution in [0.1, 0.15) is 27.2 Å². The summed E-state index contributed by atoms with van der Waals surface area (Å²) >= 11 is 0. The van der Waals surface area contributed by atoms with Gasteiger partial charge in [-0.3, -0.25) is 4.90 Å². The summed E-state index contributed by atoms with van der Waals surface area (Å²) in [4.78, 5) is 2.53. The third-order valence-corrected chi connectivity index (χ3v) is 3.85. The van der Waals surface area contributed by atoms with Crippen molar-refractivity contribution in [1.29, 1.82) is 0 Å². The highest BCUT2D eigenvalue weighted by molar-refractivity contribution is 5.13. The number of hydrogen-bond donors (Lipinski definition) is 1. The number of morpholine rings is 1. The molecule has 94 valence electrons. The fourth-order valence-corrected chi connectivity index (χ4v) is 2.77. The summed E-state index contributed by atoms with van der Waals surface area (Å²) in [6.45, 7) is 14.5. The van der Waals surface area contributed by atoms with Crippen molar-refractivity contribution in [2.24, 2.45) is 0 Å². The van der Waals surface area contributed by atoms with Crippen LogP contribution in [0.4, 0.5) is 0 Å². The normalized spacial score (nSPS) is 23.8. The molecule has 2 unspecified atom stereocenters.